The van der Waals surface area contributed by atoms with Crippen molar-refractivity contribution in [2.75, 3.05) is 4.90 Å². The Morgan fingerprint density at radius 2 is 1.84 bits per heavy atom. The first-order valence-electron chi connectivity index (χ1n) is 9.21. The summed E-state index contributed by atoms with van der Waals surface area (Å²) in [4.78, 5) is 42.9. The molecular formula is C22H12ClN3O5. The topological polar surface area (TPSA) is 107 Å². The molecule has 0 saturated carbocycles. The molecule has 0 spiro atoms. The van der Waals surface area contributed by atoms with Gasteiger partial charge in [-0.2, -0.15) is 0 Å². The zero-order chi connectivity index (χ0) is 21.7. The van der Waals surface area contributed by atoms with Crippen molar-refractivity contribution in [3.63, 3.8) is 0 Å². The van der Waals surface area contributed by atoms with E-state index in [1.807, 2.05) is 0 Å². The molecule has 9 heteroatoms. The summed E-state index contributed by atoms with van der Waals surface area (Å²) in [6.07, 6.45) is 1.53. The molecular weight excluding hydrogens is 422 g/mol. The molecule has 1 unspecified atom stereocenters. The standard InChI is InChI=1S/C22H12ClN3O5/c23-13-6-9-16-15(11-13)20(27)18-19(12-4-7-14(8-5-12)26(29)30)25(22(28)21(18)31-16)17-3-1-2-10-24-17/h1-11,19H. The van der Waals surface area contributed by atoms with Gasteiger partial charge in [0.15, 0.2) is 5.43 Å². The molecule has 0 fully saturated rings. The number of benzene rings is 2. The van der Waals surface area contributed by atoms with Crippen molar-refractivity contribution >= 4 is 40.0 Å². The molecule has 1 aliphatic rings. The lowest BCUT2D eigenvalue weighted by atomic mass is 9.98. The van der Waals surface area contributed by atoms with Crippen molar-refractivity contribution < 1.29 is 14.1 Å². The Labute approximate surface area is 179 Å². The van der Waals surface area contributed by atoms with Gasteiger partial charge in [-0.15, -0.1) is 0 Å². The van der Waals surface area contributed by atoms with E-state index < -0.39 is 22.3 Å². The average molecular weight is 434 g/mol. The summed E-state index contributed by atoms with van der Waals surface area (Å²) in [5.74, 6) is -0.288. The van der Waals surface area contributed by atoms with Gasteiger partial charge in [-0.25, -0.2) is 4.98 Å². The number of nitro groups is 1. The number of hydrogen-bond donors (Lipinski definition) is 0. The summed E-state index contributed by atoms with van der Waals surface area (Å²) in [5.41, 5.74) is 0.395. The van der Waals surface area contributed by atoms with Crippen LogP contribution in [0.3, 0.4) is 0 Å². The highest BCUT2D eigenvalue weighted by Crippen LogP contribution is 2.40. The Balaban J connectivity index is 1.79. The highest BCUT2D eigenvalue weighted by molar-refractivity contribution is 6.31. The van der Waals surface area contributed by atoms with E-state index in [4.69, 9.17) is 16.0 Å². The number of carbonyl (C=O) groups excluding carboxylic acids is 1. The molecule has 0 aliphatic carbocycles. The summed E-state index contributed by atoms with van der Waals surface area (Å²) in [7, 11) is 0. The first-order valence-corrected chi connectivity index (χ1v) is 9.58. The maximum Gasteiger partial charge on any atom is 0.296 e. The van der Waals surface area contributed by atoms with Crippen LogP contribution in [0.25, 0.3) is 11.0 Å². The van der Waals surface area contributed by atoms with Crippen LogP contribution in [-0.2, 0) is 0 Å². The molecule has 1 atom stereocenters. The molecule has 0 N–H and O–H groups in total. The summed E-state index contributed by atoms with van der Waals surface area (Å²) in [6, 6.07) is 14.5. The SMILES string of the molecule is O=C1c2oc3ccc(Cl)cc3c(=O)c2C(c2ccc([N+](=O)[O-])cc2)N1c1ccccn1. The second-order valence-electron chi connectivity index (χ2n) is 6.93. The number of fused-ring (bicyclic) bond motifs is 2. The van der Waals surface area contributed by atoms with Gasteiger partial charge >= 0.3 is 0 Å². The van der Waals surface area contributed by atoms with Crippen LogP contribution in [0.2, 0.25) is 5.02 Å². The van der Waals surface area contributed by atoms with E-state index in [1.165, 1.54) is 47.5 Å². The van der Waals surface area contributed by atoms with Crippen LogP contribution >= 0.6 is 11.6 Å². The third kappa shape index (κ3) is 2.96. The number of anilines is 1. The number of pyridine rings is 1. The fourth-order valence-electron chi connectivity index (χ4n) is 3.77. The summed E-state index contributed by atoms with van der Waals surface area (Å²) >= 11 is 6.06. The Kier molecular flexibility index (Phi) is 4.30. The molecule has 1 amide bonds. The number of carbonyl (C=O) groups is 1. The minimum Gasteiger partial charge on any atom is -0.450 e. The van der Waals surface area contributed by atoms with Gasteiger partial charge in [-0.1, -0.05) is 17.7 Å². The molecule has 5 rings (SSSR count). The maximum absolute atomic E-state index is 13.4. The van der Waals surface area contributed by atoms with E-state index in [2.05, 4.69) is 4.98 Å². The van der Waals surface area contributed by atoms with Gasteiger partial charge in [0, 0.05) is 23.4 Å². The predicted octanol–water partition coefficient (Wildman–Crippen LogP) is 4.50. The molecule has 1 aliphatic heterocycles. The minimum atomic E-state index is -0.863. The maximum atomic E-state index is 13.4. The summed E-state index contributed by atoms with van der Waals surface area (Å²) in [5, 5.41) is 11.7. The Morgan fingerprint density at radius 3 is 2.52 bits per heavy atom. The van der Waals surface area contributed by atoms with Gasteiger partial charge in [-0.05, 0) is 48.0 Å². The fraction of sp³-hybridized carbons (Fsp3) is 0.0455. The lowest BCUT2D eigenvalue weighted by Gasteiger charge is -2.24. The number of amides is 1. The monoisotopic (exact) mass is 433 g/mol. The van der Waals surface area contributed by atoms with Crippen LogP contribution in [0.5, 0.6) is 0 Å². The first-order chi connectivity index (χ1) is 15.0. The molecule has 31 heavy (non-hydrogen) atoms. The zero-order valence-corrected chi connectivity index (χ0v) is 16.4. The number of aromatic nitrogens is 1. The average Bonchev–Trinajstić information content (AvgIpc) is 3.07. The molecule has 3 heterocycles. The molecule has 2 aromatic heterocycles. The number of rotatable bonds is 3. The smallest absolute Gasteiger partial charge is 0.296 e. The van der Waals surface area contributed by atoms with Crippen molar-refractivity contribution in [3.05, 3.63) is 109 Å². The molecule has 0 bridgehead atoms. The van der Waals surface area contributed by atoms with Crippen LogP contribution in [-0.4, -0.2) is 15.8 Å². The Hall–Kier alpha value is -4.04. The van der Waals surface area contributed by atoms with Crippen molar-refractivity contribution in [3.8, 4) is 0 Å². The van der Waals surface area contributed by atoms with Crippen LogP contribution in [0.4, 0.5) is 11.5 Å². The lowest BCUT2D eigenvalue weighted by Crippen LogP contribution is -2.30. The molecule has 2 aromatic carbocycles. The van der Waals surface area contributed by atoms with Crippen molar-refractivity contribution in [1.29, 1.82) is 0 Å². The zero-order valence-electron chi connectivity index (χ0n) is 15.7. The number of halogens is 1. The van der Waals surface area contributed by atoms with Crippen molar-refractivity contribution in [2.24, 2.45) is 0 Å². The summed E-state index contributed by atoms with van der Waals surface area (Å²) < 4.78 is 5.83. The second-order valence-corrected chi connectivity index (χ2v) is 7.37. The summed E-state index contributed by atoms with van der Waals surface area (Å²) in [6.45, 7) is 0. The van der Waals surface area contributed by atoms with Gasteiger partial charge < -0.3 is 4.42 Å². The predicted molar refractivity (Wildman–Crippen MR) is 113 cm³/mol. The van der Waals surface area contributed by atoms with E-state index in [1.54, 1.807) is 24.3 Å². The van der Waals surface area contributed by atoms with Gasteiger partial charge in [-0.3, -0.25) is 24.6 Å². The van der Waals surface area contributed by atoms with Crippen LogP contribution in [0.1, 0.15) is 27.7 Å². The van der Waals surface area contributed by atoms with E-state index in [0.29, 0.717) is 16.4 Å². The van der Waals surface area contributed by atoms with Crippen LogP contribution in [0, 0.1) is 10.1 Å². The molecule has 152 valence electrons. The van der Waals surface area contributed by atoms with Gasteiger partial charge in [0.05, 0.1) is 21.9 Å². The lowest BCUT2D eigenvalue weighted by molar-refractivity contribution is -0.384. The van der Waals surface area contributed by atoms with E-state index >= 15 is 0 Å². The molecule has 0 saturated heterocycles. The van der Waals surface area contributed by atoms with Gasteiger partial charge in [0.25, 0.3) is 11.6 Å². The largest absolute Gasteiger partial charge is 0.450 e. The normalized spacial score (nSPS) is 15.3. The number of nitro benzene ring substituents is 1. The van der Waals surface area contributed by atoms with Crippen molar-refractivity contribution in [1.82, 2.24) is 4.98 Å². The third-order valence-electron chi connectivity index (χ3n) is 5.15. The van der Waals surface area contributed by atoms with Crippen LogP contribution < -0.4 is 10.3 Å². The minimum absolute atomic E-state index is 0.0890. The van der Waals surface area contributed by atoms with E-state index in [9.17, 15) is 19.7 Å². The highest BCUT2D eigenvalue weighted by atomic mass is 35.5. The quantitative estimate of drug-likeness (QED) is 0.348. The number of nitrogens with zero attached hydrogens (tertiary/aromatic N) is 3. The number of hydrogen-bond acceptors (Lipinski definition) is 6. The Bertz CT molecular complexity index is 1420. The van der Waals surface area contributed by atoms with E-state index in [-0.39, 0.29) is 28.0 Å². The fourth-order valence-corrected chi connectivity index (χ4v) is 3.94. The molecule has 8 nitrogen and oxygen atoms in total. The first kappa shape index (κ1) is 19.0. The van der Waals surface area contributed by atoms with Crippen molar-refractivity contribution in [2.45, 2.75) is 6.04 Å². The van der Waals surface area contributed by atoms with E-state index in [0.717, 1.165) is 0 Å². The third-order valence-corrected chi connectivity index (χ3v) is 5.38. The second kappa shape index (κ2) is 7.03. The van der Waals surface area contributed by atoms with Gasteiger partial charge in [0.1, 0.15) is 11.4 Å². The molecule has 0 radical (unpaired) electrons. The number of non-ortho nitro benzene ring substituents is 1. The van der Waals surface area contributed by atoms with Gasteiger partial charge in [0.2, 0.25) is 5.76 Å². The highest BCUT2D eigenvalue weighted by Gasteiger charge is 2.44. The Morgan fingerprint density at radius 1 is 1.06 bits per heavy atom. The molecule has 4 aromatic rings. The van der Waals surface area contributed by atoms with Crippen LogP contribution in [0.15, 0.2) is 76.1 Å².